The summed E-state index contributed by atoms with van der Waals surface area (Å²) in [5.41, 5.74) is 1.27. The maximum Gasteiger partial charge on any atom is 0.319 e. The van der Waals surface area contributed by atoms with Crippen molar-refractivity contribution in [1.82, 2.24) is 5.32 Å². The molecule has 23 heavy (non-hydrogen) atoms. The van der Waals surface area contributed by atoms with E-state index in [9.17, 15) is 9.59 Å². The second kappa shape index (κ2) is 8.43. The number of benzene rings is 2. The lowest BCUT2D eigenvalue weighted by Crippen LogP contribution is -2.32. The number of carbonyl (C=O) groups excluding carboxylic acids is 2. The third kappa shape index (κ3) is 5.35. The van der Waals surface area contributed by atoms with Gasteiger partial charge in [-0.3, -0.25) is 4.79 Å². The number of hydrogen-bond acceptors (Lipinski definition) is 4. The number of carbonyl (C=O) groups is 2. The molecule has 0 aromatic heterocycles. The van der Waals surface area contributed by atoms with Crippen LogP contribution >= 0.6 is 0 Å². The molecular formula is C17H18N2O4. The fourth-order valence-electron chi connectivity index (χ4n) is 1.83. The monoisotopic (exact) mass is 314 g/mol. The van der Waals surface area contributed by atoms with E-state index in [0.717, 1.165) is 12.0 Å². The highest BCUT2D eigenvalue weighted by Gasteiger charge is 2.01. The van der Waals surface area contributed by atoms with Crippen LogP contribution in [0.2, 0.25) is 0 Å². The van der Waals surface area contributed by atoms with Crippen molar-refractivity contribution in [2.24, 2.45) is 0 Å². The molecule has 0 unspecified atom stereocenters. The van der Waals surface area contributed by atoms with Gasteiger partial charge < -0.3 is 20.1 Å². The molecule has 2 aromatic carbocycles. The number of hydrogen-bond donors (Lipinski definition) is 2. The number of methoxy groups -OCH3 is 1. The van der Waals surface area contributed by atoms with Crippen LogP contribution in [0.15, 0.2) is 48.5 Å². The van der Waals surface area contributed by atoms with Crippen molar-refractivity contribution >= 4 is 18.0 Å². The molecule has 6 nitrogen and oxygen atoms in total. The average Bonchev–Trinajstić information content (AvgIpc) is 2.60. The van der Waals surface area contributed by atoms with Crippen molar-refractivity contribution in [2.75, 3.05) is 25.6 Å². The van der Waals surface area contributed by atoms with E-state index in [4.69, 9.17) is 9.47 Å². The summed E-state index contributed by atoms with van der Waals surface area (Å²) in [6.45, 7) is 0.688. The minimum absolute atomic E-state index is 0.310. The second-order valence-electron chi connectivity index (χ2n) is 4.64. The quantitative estimate of drug-likeness (QED) is 0.608. The van der Waals surface area contributed by atoms with E-state index in [0.29, 0.717) is 30.2 Å². The molecule has 2 aromatic rings. The van der Waals surface area contributed by atoms with E-state index in [2.05, 4.69) is 10.6 Å². The Morgan fingerprint density at radius 1 is 1.04 bits per heavy atom. The van der Waals surface area contributed by atoms with Crippen molar-refractivity contribution in [3.63, 3.8) is 0 Å². The van der Waals surface area contributed by atoms with Crippen molar-refractivity contribution in [2.45, 2.75) is 0 Å². The van der Waals surface area contributed by atoms with Gasteiger partial charge in [-0.15, -0.1) is 0 Å². The smallest absolute Gasteiger partial charge is 0.319 e. The minimum Gasteiger partial charge on any atom is -0.497 e. The number of anilines is 1. The van der Waals surface area contributed by atoms with E-state index in [-0.39, 0.29) is 6.03 Å². The summed E-state index contributed by atoms with van der Waals surface area (Å²) in [6, 6.07) is 13.5. The van der Waals surface area contributed by atoms with Crippen LogP contribution in [0.5, 0.6) is 11.5 Å². The summed E-state index contributed by atoms with van der Waals surface area (Å²) in [7, 11) is 1.58. The summed E-state index contributed by atoms with van der Waals surface area (Å²) in [6.07, 6.45) is 0.773. The van der Waals surface area contributed by atoms with Gasteiger partial charge in [0.2, 0.25) is 0 Å². The highest BCUT2D eigenvalue weighted by Crippen LogP contribution is 2.14. The molecule has 0 atom stereocenters. The topological polar surface area (TPSA) is 76.7 Å². The summed E-state index contributed by atoms with van der Waals surface area (Å²) >= 11 is 0. The number of ether oxygens (including phenoxy) is 2. The van der Waals surface area contributed by atoms with Crippen LogP contribution in [0.25, 0.3) is 0 Å². The van der Waals surface area contributed by atoms with Gasteiger partial charge in [0.05, 0.1) is 13.7 Å². The van der Waals surface area contributed by atoms with Crippen LogP contribution < -0.4 is 20.1 Å². The fraction of sp³-hybridized carbons (Fsp3) is 0.176. The molecule has 0 radical (unpaired) electrons. The number of aldehydes is 1. The molecule has 0 aliphatic carbocycles. The highest BCUT2D eigenvalue weighted by atomic mass is 16.5. The molecule has 0 fully saturated rings. The largest absolute Gasteiger partial charge is 0.497 e. The third-order valence-electron chi connectivity index (χ3n) is 3.02. The van der Waals surface area contributed by atoms with Crippen molar-refractivity contribution in [3.05, 3.63) is 54.1 Å². The van der Waals surface area contributed by atoms with Crippen LogP contribution in [-0.4, -0.2) is 32.6 Å². The second-order valence-corrected chi connectivity index (χ2v) is 4.64. The zero-order valence-electron chi connectivity index (χ0n) is 12.7. The predicted molar refractivity (Wildman–Crippen MR) is 87.3 cm³/mol. The van der Waals surface area contributed by atoms with E-state index in [1.54, 1.807) is 55.6 Å². The first-order valence-corrected chi connectivity index (χ1v) is 7.08. The molecule has 2 N–H and O–H groups in total. The van der Waals surface area contributed by atoms with Gasteiger partial charge in [-0.1, -0.05) is 0 Å². The van der Waals surface area contributed by atoms with Crippen LogP contribution in [0.4, 0.5) is 10.5 Å². The van der Waals surface area contributed by atoms with Gasteiger partial charge in [-0.25, -0.2) is 4.79 Å². The van der Waals surface area contributed by atoms with Gasteiger partial charge in [0.25, 0.3) is 0 Å². The zero-order chi connectivity index (χ0) is 16.5. The first-order chi connectivity index (χ1) is 11.2. The van der Waals surface area contributed by atoms with Crippen molar-refractivity contribution < 1.29 is 19.1 Å². The Morgan fingerprint density at radius 3 is 2.30 bits per heavy atom. The molecule has 0 aliphatic heterocycles. The Kier molecular flexibility index (Phi) is 5.99. The lowest BCUT2D eigenvalue weighted by atomic mass is 10.2. The van der Waals surface area contributed by atoms with E-state index >= 15 is 0 Å². The lowest BCUT2D eigenvalue weighted by molar-refractivity contribution is 0.112. The van der Waals surface area contributed by atoms with Gasteiger partial charge in [0, 0.05) is 11.3 Å². The number of rotatable bonds is 7. The molecule has 0 bridgehead atoms. The minimum atomic E-state index is -0.310. The highest BCUT2D eigenvalue weighted by molar-refractivity contribution is 5.89. The third-order valence-corrected chi connectivity index (χ3v) is 3.02. The maximum atomic E-state index is 11.7. The Hall–Kier alpha value is -3.02. The van der Waals surface area contributed by atoms with Gasteiger partial charge in [0.1, 0.15) is 24.4 Å². The molecular weight excluding hydrogens is 296 g/mol. The number of amides is 2. The molecule has 6 heteroatoms. The molecule has 2 rings (SSSR count). The van der Waals surface area contributed by atoms with E-state index in [1.165, 1.54) is 0 Å². The van der Waals surface area contributed by atoms with E-state index in [1.807, 2.05) is 0 Å². The van der Waals surface area contributed by atoms with Gasteiger partial charge in [-0.05, 0) is 48.5 Å². The predicted octanol–water partition coefficient (Wildman–Crippen LogP) is 2.71. The molecule has 120 valence electrons. The number of nitrogens with one attached hydrogen (secondary N) is 2. The SMILES string of the molecule is COc1ccc(NC(=O)NCCOc2ccc(C=O)cc2)cc1. The molecule has 0 saturated heterocycles. The van der Waals surface area contributed by atoms with Gasteiger partial charge in [0.15, 0.2) is 0 Å². The van der Waals surface area contributed by atoms with Crippen molar-refractivity contribution in [3.8, 4) is 11.5 Å². The van der Waals surface area contributed by atoms with Crippen LogP contribution in [0.1, 0.15) is 10.4 Å². The molecule has 0 heterocycles. The summed E-state index contributed by atoms with van der Waals surface area (Å²) in [4.78, 5) is 22.3. The Balaban J connectivity index is 1.68. The average molecular weight is 314 g/mol. The van der Waals surface area contributed by atoms with Gasteiger partial charge in [-0.2, -0.15) is 0 Å². The van der Waals surface area contributed by atoms with Gasteiger partial charge >= 0.3 is 6.03 Å². The lowest BCUT2D eigenvalue weighted by Gasteiger charge is -2.09. The van der Waals surface area contributed by atoms with Crippen LogP contribution in [0, 0.1) is 0 Å². The Bertz CT molecular complexity index is 639. The summed E-state index contributed by atoms with van der Waals surface area (Å²) in [5.74, 6) is 1.37. The maximum absolute atomic E-state index is 11.7. The fourth-order valence-corrected chi connectivity index (χ4v) is 1.83. The van der Waals surface area contributed by atoms with Crippen LogP contribution in [-0.2, 0) is 0 Å². The molecule has 2 amide bonds. The Labute approximate surface area is 134 Å². The first kappa shape index (κ1) is 16.4. The molecule has 0 spiro atoms. The van der Waals surface area contributed by atoms with E-state index < -0.39 is 0 Å². The summed E-state index contributed by atoms with van der Waals surface area (Å²) < 4.78 is 10.5. The number of urea groups is 1. The molecule has 0 aliphatic rings. The Morgan fingerprint density at radius 2 is 1.70 bits per heavy atom. The zero-order valence-corrected chi connectivity index (χ0v) is 12.7. The first-order valence-electron chi connectivity index (χ1n) is 7.08. The van der Waals surface area contributed by atoms with Crippen molar-refractivity contribution in [1.29, 1.82) is 0 Å². The summed E-state index contributed by atoms with van der Waals surface area (Å²) in [5, 5.41) is 5.40. The van der Waals surface area contributed by atoms with Crippen LogP contribution in [0.3, 0.4) is 0 Å². The molecule has 0 saturated carbocycles. The standard InChI is InChI=1S/C17H18N2O4/c1-22-15-8-4-14(5-9-15)19-17(21)18-10-11-23-16-6-2-13(12-20)3-7-16/h2-9,12H,10-11H2,1H3,(H2,18,19,21). The normalized spacial score (nSPS) is 9.78.